The minimum absolute atomic E-state index is 0.464. The molecular weight excluding hydrogens is 208 g/mol. The summed E-state index contributed by atoms with van der Waals surface area (Å²) in [5.74, 6) is 0.617. The number of anilines is 1. The van der Waals surface area contributed by atoms with Crippen LogP contribution in [-0.2, 0) is 0 Å². The Bertz CT molecular complexity index is 314. The zero-order valence-corrected chi connectivity index (χ0v) is 11.8. The maximum absolute atomic E-state index is 3.62. The summed E-state index contributed by atoms with van der Waals surface area (Å²) < 4.78 is 0. The summed E-state index contributed by atoms with van der Waals surface area (Å²) in [5, 5.41) is 3.62. The van der Waals surface area contributed by atoms with Crippen LogP contribution in [0.4, 0.5) is 5.69 Å². The van der Waals surface area contributed by atoms with Crippen molar-refractivity contribution in [1.82, 2.24) is 5.32 Å². The van der Waals surface area contributed by atoms with E-state index in [0.29, 0.717) is 12.0 Å². The summed E-state index contributed by atoms with van der Waals surface area (Å²) >= 11 is 0. The number of nitrogens with zero attached hydrogens (tertiary/aromatic N) is 1. The molecule has 0 aliphatic carbocycles. The molecule has 2 heteroatoms. The third-order valence-corrected chi connectivity index (χ3v) is 3.05. The molecule has 0 amide bonds. The molecule has 0 aromatic heterocycles. The first kappa shape index (κ1) is 14.0. The van der Waals surface area contributed by atoms with Gasteiger partial charge in [-0.15, -0.1) is 0 Å². The van der Waals surface area contributed by atoms with E-state index in [1.807, 2.05) is 0 Å². The van der Waals surface area contributed by atoms with Crippen LogP contribution in [0.5, 0.6) is 0 Å². The monoisotopic (exact) mass is 234 g/mol. The summed E-state index contributed by atoms with van der Waals surface area (Å²) in [7, 11) is 4.15. The predicted molar refractivity (Wildman–Crippen MR) is 76.6 cm³/mol. The molecule has 0 spiro atoms. The van der Waals surface area contributed by atoms with Crippen LogP contribution in [0, 0.1) is 5.92 Å². The van der Waals surface area contributed by atoms with Crippen molar-refractivity contribution in [1.29, 1.82) is 0 Å². The van der Waals surface area contributed by atoms with Crippen molar-refractivity contribution in [3.05, 3.63) is 29.8 Å². The van der Waals surface area contributed by atoms with E-state index < -0.39 is 0 Å². The average Bonchev–Trinajstić information content (AvgIpc) is 2.29. The fourth-order valence-corrected chi connectivity index (χ4v) is 2.02. The molecule has 0 saturated carbocycles. The van der Waals surface area contributed by atoms with E-state index in [0.717, 1.165) is 6.54 Å². The lowest BCUT2D eigenvalue weighted by Gasteiger charge is -2.23. The molecule has 0 fully saturated rings. The van der Waals surface area contributed by atoms with Crippen LogP contribution in [-0.4, -0.2) is 20.6 Å². The number of benzene rings is 1. The second-order valence-corrected chi connectivity index (χ2v) is 5.16. The highest BCUT2D eigenvalue weighted by atomic mass is 15.1. The largest absolute Gasteiger partial charge is 0.378 e. The number of hydrogen-bond acceptors (Lipinski definition) is 2. The molecule has 0 saturated heterocycles. The number of nitrogens with one attached hydrogen (secondary N) is 1. The van der Waals surface area contributed by atoms with Gasteiger partial charge in [-0.25, -0.2) is 0 Å². The van der Waals surface area contributed by atoms with Gasteiger partial charge in [0.1, 0.15) is 0 Å². The maximum Gasteiger partial charge on any atom is 0.0361 e. The first-order valence-electron chi connectivity index (χ1n) is 6.57. The highest BCUT2D eigenvalue weighted by molar-refractivity contribution is 5.46. The predicted octanol–water partition coefficient (Wildman–Crippen LogP) is 3.45. The summed E-state index contributed by atoms with van der Waals surface area (Å²) in [6, 6.07) is 9.33. The van der Waals surface area contributed by atoms with Crippen molar-refractivity contribution in [3.8, 4) is 0 Å². The zero-order chi connectivity index (χ0) is 12.8. The molecule has 0 bridgehead atoms. The molecular formula is C15H26N2. The first-order valence-corrected chi connectivity index (χ1v) is 6.57. The van der Waals surface area contributed by atoms with Crippen molar-refractivity contribution in [2.45, 2.75) is 33.2 Å². The lowest BCUT2D eigenvalue weighted by atomic mass is 9.95. The topological polar surface area (TPSA) is 15.3 Å². The molecule has 1 atom stereocenters. The summed E-state index contributed by atoms with van der Waals surface area (Å²) in [6.45, 7) is 7.83. The molecule has 2 nitrogen and oxygen atoms in total. The van der Waals surface area contributed by atoms with Gasteiger partial charge in [-0.3, -0.25) is 0 Å². The van der Waals surface area contributed by atoms with Crippen LogP contribution in [0.25, 0.3) is 0 Å². The second-order valence-electron chi connectivity index (χ2n) is 5.16. The van der Waals surface area contributed by atoms with Crippen LogP contribution in [0.1, 0.15) is 38.8 Å². The lowest BCUT2D eigenvalue weighted by molar-refractivity contribution is 0.413. The van der Waals surface area contributed by atoms with Gasteiger partial charge in [0.05, 0.1) is 0 Å². The Hall–Kier alpha value is -1.02. The fraction of sp³-hybridized carbons (Fsp3) is 0.600. The van der Waals surface area contributed by atoms with Crippen LogP contribution in [0.3, 0.4) is 0 Å². The van der Waals surface area contributed by atoms with Crippen LogP contribution >= 0.6 is 0 Å². The Morgan fingerprint density at radius 3 is 2.12 bits per heavy atom. The summed E-state index contributed by atoms with van der Waals surface area (Å²) in [4.78, 5) is 2.13. The molecule has 1 N–H and O–H groups in total. The summed E-state index contributed by atoms with van der Waals surface area (Å²) in [6.07, 6.45) is 1.18. The fourth-order valence-electron chi connectivity index (χ4n) is 2.02. The maximum atomic E-state index is 3.62. The van der Waals surface area contributed by atoms with E-state index in [9.17, 15) is 0 Å². The van der Waals surface area contributed by atoms with E-state index in [-0.39, 0.29) is 0 Å². The van der Waals surface area contributed by atoms with Gasteiger partial charge in [0.15, 0.2) is 0 Å². The Kier molecular flexibility index (Phi) is 5.49. The van der Waals surface area contributed by atoms with E-state index in [1.54, 1.807) is 0 Å². The minimum atomic E-state index is 0.464. The van der Waals surface area contributed by atoms with Gasteiger partial charge in [-0.2, -0.15) is 0 Å². The normalized spacial score (nSPS) is 12.8. The Balaban J connectivity index is 2.80. The van der Waals surface area contributed by atoms with Crippen LogP contribution in [0.2, 0.25) is 0 Å². The molecule has 0 aliphatic heterocycles. The average molecular weight is 234 g/mol. The van der Waals surface area contributed by atoms with Crippen molar-refractivity contribution < 1.29 is 0 Å². The molecule has 17 heavy (non-hydrogen) atoms. The quantitative estimate of drug-likeness (QED) is 0.811. The molecule has 1 aromatic carbocycles. The van der Waals surface area contributed by atoms with Gasteiger partial charge < -0.3 is 10.2 Å². The standard InChI is InChI=1S/C15H26N2/c1-6-11-16-15(12(2)3)13-7-9-14(10-8-13)17(4)5/h7-10,12,15-16H,6,11H2,1-5H3. The third kappa shape index (κ3) is 4.04. The summed E-state index contributed by atoms with van der Waals surface area (Å²) in [5.41, 5.74) is 2.64. The number of rotatable bonds is 6. The Morgan fingerprint density at radius 2 is 1.71 bits per heavy atom. The van der Waals surface area contributed by atoms with Crippen LogP contribution < -0.4 is 10.2 Å². The second kappa shape index (κ2) is 6.65. The number of hydrogen-bond donors (Lipinski definition) is 1. The van der Waals surface area contributed by atoms with E-state index in [2.05, 4.69) is 69.3 Å². The van der Waals surface area contributed by atoms with Gasteiger partial charge in [-0.05, 0) is 36.6 Å². The lowest BCUT2D eigenvalue weighted by Crippen LogP contribution is -2.26. The van der Waals surface area contributed by atoms with Crippen LogP contribution in [0.15, 0.2) is 24.3 Å². The Labute approximate surface area is 106 Å². The van der Waals surface area contributed by atoms with E-state index in [1.165, 1.54) is 17.7 Å². The van der Waals surface area contributed by atoms with Crippen molar-refractivity contribution in [3.63, 3.8) is 0 Å². The molecule has 0 heterocycles. The molecule has 96 valence electrons. The SMILES string of the molecule is CCCNC(c1ccc(N(C)C)cc1)C(C)C. The zero-order valence-electron chi connectivity index (χ0n) is 11.8. The van der Waals surface area contributed by atoms with Crippen molar-refractivity contribution in [2.24, 2.45) is 5.92 Å². The van der Waals surface area contributed by atoms with E-state index >= 15 is 0 Å². The molecule has 0 radical (unpaired) electrons. The van der Waals surface area contributed by atoms with Gasteiger partial charge in [-0.1, -0.05) is 32.9 Å². The van der Waals surface area contributed by atoms with Gasteiger partial charge in [0, 0.05) is 25.8 Å². The van der Waals surface area contributed by atoms with Gasteiger partial charge in [0.25, 0.3) is 0 Å². The highest BCUT2D eigenvalue weighted by Crippen LogP contribution is 2.23. The molecule has 1 rings (SSSR count). The van der Waals surface area contributed by atoms with Crippen molar-refractivity contribution >= 4 is 5.69 Å². The van der Waals surface area contributed by atoms with Gasteiger partial charge >= 0.3 is 0 Å². The molecule has 1 unspecified atom stereocenters. The van der Waals surface area contributed by atoms with E-state index in [4.69, 9.17) is 0 Å². The molecule has 1 aromatic rings. The third-order valence-electron chi connectivity index (χ3n) is 3.05. The minimum Gasteiger partial charge on any atom is -0.378 e. The van der Waals surface area contributed by atoms with Crippen molar-refractivity contribution in [2.75, 3.05) is 25.5 Å². The molecule has 0 aliphatic rings. The first-order chi connectivity index (χ1) is 8.06. The smallest absolute Gasteiger partial charge is 0.0361 e. The highest BCUT2D eigenvalue weighted by Gasteiger charge is 2.14. The van der Waals surface area contributed by atoms with Gasteiger partial charge in [0.2, 0.25) is 0 Å². The Morgan fingerprint density at radius 1 is 1.12 bits per heavy atom.